The van der Waals surface area contributed by atoms with Crippen LogP contribution in [0.3, 0.4) is 0 Å². The lowest BCUT2D eigenvalue weighted by atomic mass is 9.85. The average molecular weight is 292 g/mol. The van der Waals surface area contributed by atoms with Crippen molar-refractivity contribution in [2.24, 2.45) is 11.7 Å². The fraction of sp³-hybridized carbons (Fsp3) is 0.692. The summed E-state index contributed by atoms with van der Waals surface area (Å²) in [7, 11) is 0. The third-order valence-corrected chi connectivity index (χ3v) is 4.23. The minimum Gasteiger partial charge on any atom is -0.353 e. The molecule has 21 heavy (non-hydrogen) atoms. The zero-order chi connectivity index (χ0) is 14.8. The van der Waals surface area contributed by atoms with Crippen molar-refractivity contribution < 1.29 is 9.59 Å². The number of nitrogens with two attached hydrogens (primary N) is 1. The molecule has 3 heterocycles. The van der Waals surface area contributed by atoms with Gasteiger partial charge in [-0.25, -0.2) is 0 Å². The van der Waals surface area contributed by atoms with Gasteiger partial charge in [0.2, 0.25) is 5.91 Å². The SMILES string of the molecule is NCCn1cc(C(=O)N2CCC3NC(=O)CCC3C2)nn1. The van der Waals surface area contributed by atoms with Crippen LogP contribution < -0.4 is 11.1 Å². The molecule has 3 N–H and O–H groups in total. The fourth-order valence-electron chi connectivity index (χ4n) is 3.09. The van der Waals surface area contributed by atoms with E-state index in [-0.39, 0.29) is 17.9 Å². The number of likely N-dealkylation sites (tertiary alicyclic amines) is 1. The summed E-state index contributed by atoms with van der Waals surface area (Å²) in [5.41, 5.74) is 5.82. The number of rotatable bonds is 3. The highest BCUT2D eigenvalue weighted by molar-refractivity contribution is 5.92. The number of hydrogen-bond acceptors (Lipinski definition) is 5. The molecule has 0 bridgehead atoms. The van der Waals surface area contributed by atoms with Gasteiger partial charge in [0.25, 0.3) is 5.91 Å². The van der Waals surface area contributed by atoms with E-state index in [1.54, 1.807) is 10.9 Å². The van der Waals surface area contributed by atoms with Gasteiger partial charge < -0.3 is 16.0 Å². The lowest BCUT2D eigenvalue weighted by Gasteiger charge is -2.41. The molecule has 2 unspecified atom stereocenters. The van der Waals surface area contributed by atoms with Crippen LogP contribution in [0.1, 0.15) is 29.8 Å². The fourth-order valence-corrected chi connectivity index (χ4v) is 3.09. The second-order valence-electron chi connectivity index (χ2n) is 5.67. The smallest absolute Gasteiger partial charge is 0.276 e. The molecule has 0 spiro atoms. The summed E-state index contributed by atoms with van der Waals surface area (Å²) >= 11 is 0. The first-order valence-corrected chi connectivity index (χ1v) is 7.36. The first-order valence-electron chi connectivity index (χ1n) is 7.36. The second-order valence-corrected chi connectivity index (χ2v) is 5.67. The van der Waals surface area contributed by atoms with Gasteiger partial charge in [-0.15, -0.1) is 5.10 Å². The van der Waals surface area contributed by atoms with Gasteiger partial charge in [0, 0.05) is 32.1 Å². The Kier molecular flexibility index (Phi) is 3.87. The van der Waals surface area contributed by atoms with Crippen molar-refractivity contribution in [3.05, 3.63) is 11.9 Å². The lowest BCUT2D eigenvalue weighted by Crippen LogP contribution is -2.55. The van der Waals surface area contributed by atoms with Crippen LogP contribution in [0.4, 0.5) is 0 Å². The third-order valence-electron chi connectivity index (χ3n) is 4.23. The quantitative estimate of drug-likeness (QED) is 0.741. The monoisotopic (exact) mass is 292 g/mol. The van der Waals surface area contributed by atoms with Crippen LogP contribution in [-0.2, 0) is 11.3 Å². The van der Waals surface area contributed by atoms with Crippen LogP contribution in [-0.4, -0.2) is 57.4 Å². The Balaban J connectivity index is 1.64. The standard InChI is InChI=1S/C13H20N6O2/c14-4-6-19-8-11(16-17-19)13(21)18-5-3-10-9(7-18)1-2-12(20)15-10/h8-10H,1-7,14H2,(H,15,20). The van der Waals surface area contributed by atoms with Crippen molar-refractivity contribution in [1.82, 2.24) is 25.2 Å². The van der Waals surface area contributed by atoms with Gasteiger partial charge in [0.1, 0.15) is 0 Å². The number of fused-ring (bicyclic) bond motifs is 1. The molecule has 2 aliphatic rings. The number of piperidine rings is 2. The number of carbonyl (C=O) groups is 2. The van der Waals surface area contributed by atoms with Gasteiger partial charge in [-0.2, -0.15) is 0 Å². The Morgan fingerprint density at radius 1 is 1.48 bits per heavy atom. The Labute approximate surface area is 122 Å². The summed E-state index contributed by atoms with van der Waals surface area (Å²) in [6.07, 6.45) is 3.85. The topological polar surface area (TPSA) is 106 Å². The molecule has 8 nitrogen and oxygen atoms in total. The minimum absolute atomic E-state index is 0.0892. The van der Waals surface area contributed by atoms with Crippen LogP contribution in [0.25, 0.3) is 0 Å². The number of amides is 2. The van der Waals surface area contributed by atoms with E-state index >= 15 is 0 Å². The van der Waals surface area contributed by atoms with E-state index in [1.807, 2.05) is 4.90 Å². The number of aromatic nitrogens is 3. The van der Waals surface area contributed by atoms with Crippen molar-refractivity contribution in [3.63, 3.8) is 0 Å². The predicted octanol–water partition coefficient (Wildman–Crippen LogP) is -1.02. The van der Waals surface area contributed by atoms with E-state index in [0.29, 0.717) is 44.2 Å². The molecule has 0 radical (unpaired) electrons. The summed E-state index contributed by atoms with van der Waals surface area (Å²) in [5, 5.41) is 10.8. The predicted molar refractivity (Wildman–Crippen MR) is 74.3 cm³/mol. The van der Waals surface area contributed by atoms with Crippen LogP contribution >= 0.6 is 0 Å². The number of hydrogen-bond donors (Lipinski definition) is 2. The van der Waals surface area contributed by atoms with Gasteiger partial charge >= 0.3 is 0 Å². The van der Waals surface area contributed by atoms with E-state index < -0.39 is 0 Å². The van der Waals surface area contributed by atoms with Gasteiger partial charge in [-0.3, -0.25) is 14.3 Å². The molecule has 2 amide bonds. The summed E-state index contributed by atoms with van der Waals surface area (Å²) in [6, 6.07) is 0.211. The van der Waals surface area contributed by atoms with Gasteiger partial charge in [-0.05, 0) is 18.8 Å². The molecule has 2 atom stereocenters. The highest BCUT2D eigenvalue weighted by atomic mass is 16.2. The number of nitrogens with one attached hydrogen (secondary N) is 1. The first-order chi connectivity index (χ1) is 10.2. The zero-order valence-corrected chi connectivity index (χ0v) is 11.9. The highest BCUT2D eigenvalue weighted by Gasteiger charge is 2.35. The molecule has 114 valence electrons. The molecule has 1 aromatic heterocycles. The van der Waals surface area contributed by atoms with Crippen molar-refractivity contribution in [2.45, 2.75) is 31.8 Å². The maximum Gasteiger partial charge on any atom is 0.276 e. The number of carbonyl (C=O) groups excluding carboxylic acids is 2. The normalized spacial score (nSPS) is 25.4. The maximum atomic E-state index is 12.4. The van der Waals surface area contributed by atoms with Gasteiger partial charge in [-0.1, -0.05) is 5.21 Å². The van der Waals surface area contributed by atoms with E-state index in [0.717, 1.165) is 12.8 Å². The van der Waals surface area contributed by atoms with Gasteiger partial charge in [0.15, 0.2) is 5.69 Å². The van der Waals surface area contributed by atoms with Crippen molar-refractivity contribution >= 4 is 11.8 Å². The van der Waals surface area contributed by atoms with Crippen LogP contribution in [0, 0.1) is 5.92 Å². The van der Waals surface area contributed by atoms with E-state index in [1.165, 1.54) is 0 Å². The highest BCUT2D eigenvalue weighted by Crippen LogP contribution is 2.25. The lowest BCUT2D eigenvalue weighted by molar-refractivity contribution is -0.125. The van der Waals surface area contributed by atoms with Crippen molar-refractivity contribution in [1.29, 1.82) is 0 Å². The van der Waals surface area contributed by atoms with E-state index in [4.69, 9.17) is 5.73 Å². The zero-order valence-electron chi connectivity index (χ0n) is 11.9. The number of nitrogens with zero attached hydrogens (tertiary/aromatic N) is 4. The summed E-state index contributed by atoms with van der Waals surface area (Å²) in [4.78, 5) is 25.7. The molecule has 2 fully saturated rings. The van der Waals surface area contributed by atoms with E-state index in [9.17, 15) is 9.59 Å². The molecule has 2 aliphatic heterocycles. The summed E-state index contributed by atoms with van der Waals surface area (Å²) in [6.45, 7) is 2.33. The molecule has 3 rings (SSSR count). The van der Waals surface area contributed by atoms with Crippen LogP contribution in [0.5, 0.6) is 0 Å². The van der Waals surface area contributed by atoms with Crippen LogP contribution in [0.15, 0.2) is 6.20 Å². The average Bonchev–Trinajstić information content (AvgIpc) is 2.95. The Hall–Kier alpha value is -1.96. The van der Waals surface area contributed by atoms with Crippen molar-refractivity contribution in [2.75, 3.05) is 19.6 Å². The maximum absolute atomic E-state index is 12.4. The Morgan fingerprint density at radius 2 is 2.33 bits per heavy atom. The minimum atomic E-state index is -0.0892. The molecular weight excluding hydrogens is 272 g/mol. The summed E-state index contributed by atoms with van der Waals surface area (Å²) < 4.78 is 1.58. The molecular formula is C13H20N6O2. The van der Waals surface area contributed by atoms with Crippen molar-refractivity contribution in [3.8, 4) is 0 Å². The van der Waals surface area contributed by atoms with Crippen LogP contribution in [0.2, 0.25) is 0 Å². The molecule has 0 aromatic carbocycles. The second kappa shape index (κ2) is 5.80. The largest absolute Gasteiger partial charge is 0.353 e. The summed E-state index contributed by atoms with van der Waals surface area (Å²) in [5.74, 6) is 0.383. The molecule has 0 aliphatic carbocycles. The van der Waals surface area contributed by atoms with Gasteiger partial charge in [0.05, 0.1) is 12.7 Å². The molecule has 2 saturated heterocycles. The Morgan fingerprint density at radius 3 is 3.14 bits per heavy atom. The molecule has 0 saturated carbocycles. The molecule has 1 aromatic rings. The molecule has 8 heteroatoms. The van der Waals surface area contributed by atoms with E-state index in [2.05, 4.69) is 15.6 Å². The Bertz CT molecular complexity index is 543. The third kappa shape index (κ3) is 2.90. The first kappa shape index (κ1) is 14.0.